The maximum atomic E-state index is 12.0. The third kappa shape index (κ3) is 6.88. The molecule has 23 heavy (non-hydrogen) atoms. The van der Waals surface area contributed by atoms with Crippen molar-refractivity contribution in [3.05, 3.63) is 0 Å². The molecule has 1 saturated heterocycles. The first kappa shape index (κ1) is 19.3. The van der Waals surface area contributed by atoms with E-state index in [1.807, 2.05) is 6.92 Å². The number of carbonyl (C=O) groups excluding carboxylic acids is 3. The lowest BCUT2D eigenvalue weighted by atomic mass is 10.1. The Balaban J connectivity index is 2.28. The zero-order valence-electron chi connectivity index (χ0n) is 14.5. The van der Waals surface area contributed by atoms with Crippen molar-refractivity contribution >= 4 is 17.9 Å². The molecule has 1 heterocycles. The number of hydrogen-bond donors (Lipinski definition) is 1. The van der Waals surface area contributed by atoms with E-state index in [9.17, 15) is 14.4 Å². The van der Waals surface area contributed by atoms with Crippen LogP contribution in [0.2, 0.25) is 0 Å². The van der Waals surface area contributed by atoms with Crippen LogP contribution in [0.3, 0.4) is 0 Å². The Morgan fingerprint density at radius 1 is 1.17 bits per heavy atom. The Bertz CT molecular complexity index is 406. The smallest absolute Gasteiger partial charge is 0.409 e. The number of piperidine rings is 1. The van der Waals surface area contributed by atoms with Gasteiger partial charge in [0.2, 0.25) is 11.8 Å². The second-order valence-corrected chi connectivity index (χ2v) is 5.78. The van der Waals surface area contributed by atoms with Crippen LogP contribution in [-0.2, 0) is 14.3 Å². The summed E-state index contributed by atoms with van der Waals surface area (Å²) in [6, 6.07) is 0.0881. The van der Waals surface area contributed by atoms with Crippen LogP contribution >= 0.6 is 0 Å². The molecule has 0 aromatic heterocycles. The van der Waals surface area contributed by atoms with E-state index in [4.69, 9.17) is 4.74 Å². The van der Waals surface area contributed by atoms with Crippen LogP contribution in [0, 0.1) is 0 Å². The SMILES string of the molecule is CCCN(CCC(=O)NC1CCN(C(=O)OCC)CC1)C(C)=O. The van der Waals surface area contributed by atoms with Gasteiger partial charge in [-0.1, -0.05) is 6.92 Å². The molecular formula is C16H29N3O4. The van der Waals surface area contributed by atoms with Crippen molar-refractivity contribution in [1.82, 2.24) is 15.1 Å². The third-order valence-corrected chi connectivity index (χ3v) is 3.93. The zero-order valence-corrected chi connectivity index (χ0v) is 14.5. The number of likely N-dealkylation sites (tertiary alicyclic amines) is 1. The van der Waals surface area contributed by atoms with Crippen molar-refractivity contribution in [2.45, 2.75) is 52.5 Å². The molecular weight excluding hydrogens is 298 g/mol. The Kier molecular flexibility index (Phi) is 8.43. The van der Waals surface area contributed by atoms with E-state index >= 15 is 0 Å². The molecule has 1 rings (SSSR count). The Labute approximate surface area is 138 Å². The summed E-state index contributed by atoms with van der Waals surface area (Å²) in [6.45, 7) is 8.02. The first-order chi connectivity index (χ1) is 11.0. The lowest BCUT2D eigenvalue weighted by Gasteiger charge is -2.31. The van der Waals surface area contributed by atoms with Gasteiger partial charge in [-0.05, 0) is 26.2 Å². The van der Waals surface area contributed by atoms with Crippen molar-refractivity contribution in [1.29, 1.82) is 0 Å². The third-order valence-electron chi connectivity index (χ3n) is 3.93. The normalized spacial score (nSPS) is 15.2. The summed E-state index contributed by atoms with van der Waals surface area (Å²) in [5.74, 6) is -0.0377. The van der Waals surface area contributed by atoms with Crippen molar-refractivity contribution in [3.63, 3.8) is 0 Å². The van der Waals surface area contributed by atoms with E-state index in [1.165, 1.54) is 6.92 Å². The van der Waals surface area contributed by atoms with Crippen LogP contribution in [-0.4, -0.2) is 66.5 Å². The molecule has 0 spiro atoms. The molecule has 0 aromatic rings. The largest absolute Gasteiger partial charge is 0.450 e. The first-order valence-electron chi connectivity index (χ1n) is 8.44. The van der Waals surface area contributed by atoms with E-state index in [2.05, 4.69) is 5.32 Å². The molecule has 1 aliphatic rings. The van der Waals surface area contributed by atoms with E-state index < -0.39 is 0 Å². The Morgan fingerprint density at radius 2 is 1.83 bits per heavy atom. The van der Waals surface area contributed by atoms with Gasteiger partial charge in [-0.3, -0.25) is 9.59 Å². The maximum Gasteiger partial charge on any atom is 0.409 e. The number of hydrogen-bond acceptors (Lipinski definition) is 4. The molecule has 0 unspecified atom stereocenters. The molecule has 132 valence electrons. The first-order valence-corrected chi connectivity index (χ1v) is 8.44. The molecule has 0 aliphatic carbocycles. The summed E-state index contributed by atoms with van der Waals surface area (Å²) < 4.78 is 4.97. The zero-order chi connectivity index (χ0) is 17.2. The van der Waals surface area contributed by atoms with E-state index in [0.29, 0.717) is 39.2 Å². The van der Waals surface area contributed by atoms with Gasteiger partial charge in [-0.15, -0.1) is 0 Å². The van der Waals surface area contributed by atoms with Gasteiger partial charge in [0.1, 0.15) is 0 Å². The second kappa shape index (κ2) is 10.1. The lowest BCUT2D eigenvalue weighted by Crippen LogP contribution is -2.47. The fourth-order valence-electron chi connectivity index (χ4n) is 2.65. The minimum absolute atomic E-state index is 0.00222. The molecule has 3 amide bonds. The van der Waals surface area contributed by atoms with E-state index in [0.717, 1.165) is 19.3 Å². The fourth-order valence-corrected chi connectivity index (χ4v) is 2.65. The predicted molar refractivity (Wildman–Crippen MR) is 86.9 cm³/mol. The average Bonchev–Trinajstić information content (AvgIpc) is 2.52. The van der Waals surface area contributed by atoms with Gasteiger partial charge >= 0.3 is 6.09 Å². The Morgan fingerprint density at radius 3 is 2.35 bits per heavy atom. The number of nitrogens with zero attached hydrogens (tertiary/aromatic N) is 2. The summed E-state index contributed by atoms with van der Waals surface area (Å²) in [7, 11) is 0. The topological polar surface area (TPSA) is 79.0 Å². The summed E-state index contributed by atoms with van der Waals surface area (Å²) >= 11 is 0. The van der Waals surface area contributed by atoms with Gasteiger partial charge in [-0.25, -0.2) is 4.79 Å². The molecule has 7 nitrogen and oxygen atoms in total. The summed E-state index contributed by atoms with van der Waals surface area (Å²) in [4.78, 5) is 38.4. The van der Waals surface area contributed by atoms with Crippen LogP contribution < -0.4 is 5.32 Å². The van der Waals surface area contributed by atoms with Crippen LogP contribution in [0.15, 0.2) is 0 Å². The monoisotopic (exact) mass is 327 g/mol. The molecule has 1 aliphatic heterocycles. The Hall–Kier alpha value is -1.79. The van der Waals surface area contributed by atoms with Gasteiger partial charge in [0.15, 0.2) is 0 Å². The quantitative estimate of drug-likeness (QED) is 0.766. The number of ether oxygens (including phenoxy) is 1. The van der Waals surface area contributed by atoms with Crippen molar-refractivity contribution < 1.29 is 19.1 Å². The molecule has 1 fully saturated rings. The van der Waals surface area contributed by atoms with Gasteiger partial charge in [-0.2, -0.15) is 0 Å². The maximum absolute atomic E-state index is 12.0. The van der Waals surface area contributed by atoms with Gasteiger partial charge in [0.05, 0.1) is 6.61 Å². The molecule has 1 N–H and O–H groups in total. The van der Waals surface area contributed by atoms with Crippen LogP contribution in [0.25, 0.3) is 0 Å². The highest BCUT2D eigenvalue weighted by Gasteiger charge is 2.24. The van der Waals surface area contributed by atoms with Crippen molar-refractivity contribution in [2.24, 2.45) is 0 Å². The van der Waals surface area contributed by atoms with E-state index in [-0.39, 0.29) is 23.9 Å². The number of rotatable bonds is 7. The summed E-state index contributed by atoms with van der Waals surface area (Å²) in [6.07, 6.45) is 2.38. The number of amides is 3. The molecule has 0 aromatic carbocycles. The van der Waals surface area contributed by atoms with Crippen molar-refractivity contribution in [3.8, 4) is 0 Å². The molecule has 0 radical (unpaired) electrons. The number of nitrogens with one attached hydrogen (secondary N) is 1. The molecule has 7 heteroatoms. The number of carbonyl (C=O) groups is 3. The highest BCUT2D eigenvalue weighted by Crippen LogP contribution is 2.11. The molecule has 0 atom stereocenters. The predicted octanol–water partition coefficient (Wildman–Crippen LogP) is 1.37. The van der Waals surface area contributed by atoms with Gasteiger partial charge < -0.3 is 19.9 Å². The lowest BCUT2D eigenvalue weighted by molar-refractivity contribution is -0.129. The highest BCUT2D eigenvalue weighted by atomic mass is 16.6. The van der Waals surface area contributed by atoms with Crippen LogP contribution in [0.1, 0.15) is 46.5 Å². The standard InChI is InChI=1S/C16H29N3O4/c1-4-9-18(13(3)20)12-8-15(21)17-14-6-10-19(11-7-14)16(22)23-5-2/h14H,4-12H2,1-3H3,(H,17,21). The average molecular weight is 327 g/mol. The minimum Gasteiger partial charge on any atom is -0.450 e. The van der Waals surface area contributed by atoms with Gasteiger partial charge in [0, 0.05) is 45.6 Å². The van der Waals surface area contributed by atoms with Crippen LogP contribution in [0.5, 0.6) is 0 Å². The molecule has 0 saturated carbocycles. The fraction of sp³-hybridized carbons (Fsp3) is 0.812. The summed E-state index contributed by atoms with van der Waals surface area (Å²) in [5.41, 5.74) is 0. The van der Waals surface area contributed by atoms with E-state index in [1.54, 1.807) is 16.7 Å². The molecule has 0 bridgehead atoms. The van der Waals surface area contributed by atoms with Crippen LogP contribution in [0.4, 0.5) is 4.79 Å². The minimum atomic E-state index is -0.283. The van der Waals surface area contributed by atoms with Gasteiger partial charge in [0.25, 0.3) is 0 Å². The summed E-state index contributed by atoms with van der Waals surface area (Å²) in [5, 5.41) is 2.99. The second-order valence-electron chi connectivity index (χ2n) is 5.78. The van der Waals surface area contributed by atoms with Crippen molar-refractivity contribution in [2.75, 3.05) is 32.8 Å². The highest BCUT2D eigenvalue weighted by molar-refractivity contribution is 5.78.